The normalized spacial score (nSPS) is 11.2. The van der Waals surface area contributed by atoms with E-state index in [-0.39, 0.29) is 0 Å². The van der Waals surface area contributed by atoms with Crippen molar-refractivity contribution in [3.05, 3.63) is 35.4 Å². The maximum Gasteiger partial charge on any atom is 0.113 e. The lowest BCUT2D eigenvalue weighted by Crippen LogP contribution is -2.12. The van der Waals surface area contributed by atoms with E-state index in [9.17, 15) is 0 Å². The van der Waals surface area contributed by atoms with Crippen molar-refractivity contribution in [2.75, 3.05) is 6.54 Å². The molecule has 2 aromatic rings. The van der Waals surface area contributed by atoms with Crippen molar-refractivity contribution in [2.24, 2.45) is 0 Å². The quantitative estimate of drug-likeness (QED) is 0.857. The smallest absolute Gasteiger partial charge is 0.113 e. The van der Waals surface area contributed by atoms with Crippen LogP contribution in [0.3, 0.4) is 0 Å². The number of pyridine rings is 1. The fraction of sp³-hybridized carbons (Fsp3) is 0.500. The van der Waals surface area contributed by atoms with E-state index in [1.807, 2.05) is 0 Å². The summed E-state index contributed by atoms with van der Waals surface area (Å²) in [5.41, 5.74) is 3.68. The van der Waals surface area contributed by atoms with Crippen LogP contribution in [0.1, 0.15) is 37.5 Å². The Morgan fingerprint density at radius 3 is 2.82 bits per heavy atom. The molecule has 0 atom stereocenters. The maximum absolute atomic E-state index is 4.78. The highest BCUT2D eigenvalue weighted by atomic mass is 15.1. The highest BCUT2D eigenvalue weighted by Crippen LogP contribution is 2.16. The van der Waals surface area contributed by atoms with Gasteiger partial charge in [0.2, 0.25) is 0 Å². The number of hydrogen-bond donors (Lipinski definition) is 1. The van der Waals surface area contributed by atoms with Crippen LogP contribution in [-0.2, 0) is 13.0 Å². The molecule has 0 aromatic carbocycles. The van der Waals surface area contributed by atoms with Crippen molar-refractivity contribution in [3.8, 4) is 0 Å². The summed E-state index contributed by atoms with van der Waals surface area (Å²) in [5.74, 6) is 1.19. The Kier molecular flexibility index (Phi) is 3.79. The van der Waals surface area contributed by atoms with E-state index in [0.29, 0.717) is 0 Å². The van der Waals surface area contributed by atoms with Crippen LogP contribution < -0.4 is 5.32 Å². The third-order valence-corrected chi connectivity index (χ3v) is 3.02. The molecule has 3 heteroatoms. The Bertz CT molecular complexity index is 499. The first kappa shape index (κ1) is 12.1. The van der Waals surface area contributed by atoms with Gasteiger partial charge < -0.3 is 9.72 Å². The Labute approximate surface area is 103 Å². The highest BCUT2D eigenvalue weighted by Gasteiger charge is 2.10. The third kappa shape index (κ3) is 2.34. The topological polar surface area (TPSA) is 29.3 Å². The fourth-order valence-electron chi connectivity index (χ4n) is 2.21. The maximum atomic E-state index is 4.78. The molecule has 2 heterocycles. The van der Waals surface area contributed by atoms with Gasteiger partial charge in [0.05, 0.1) is 11.2 Å². The number of nitrogens with one attached hydrogen (secondary N) is 1. The average Bonchev–Trinajstić information content (AvgIpc) is 2.67. The Morgan fingerprint density at radius 2 is 2.12 bits per heavy atom. The van der Waals surface area contributed by atoms with Gasteiger partial charge in [0.15, 0.2) is 0 Å². The number of nitrogens with zero attached hydrogens (tertiary/aromatic N) is 2. The Balaban J connectivity index is 2.50. The van der Waals surface area contributed by atoms with Gasteiger partial charge in [-0.2, -0.15) is 0 Å². The molecule has 17 heavy (non-hydrogen) atoms. The summed E-state index contributed by atoms with van der Waals surface area (Å²) in [6.07, 6.45) is 2.17. The van der Waals surface area contributed by atoms with Crippen LogP contribution in [0.2, 0.25) is 0 Å². The summed E-state index contributed by atoms with van der Waals surface area (Å²) in [5, 5.41) is 3.36. The Morgan fingerprint density at radius 1 is 1.29 bits per heavy atom. The van der Waals surface area contributed by atoms with Gasteiger partial charge in [-0.1, -0.05) is 19.9 Å². The number of rotatable bonds is 5. The van der Waals surface area contributed by atoms with Crippen molar-refractivity contribution in [3.63, 3.8) is 0 Å². The molecule has 0 spiro atoms. The molecule has 3 nitrogen and oxygen atoms in total. The van der Waals surface area contributed by atoms with Gasteiger partial charge >= 0.3 is 0 Å². The van der Waals surface area contributed by atoms with Crippen molar-refractivity contribution < 1.29 is 0 Å². The number of hydrogen-bond acceptors (Lipinski definition) is 2. The highest BCUT2D eigenvalue weighted by molar-refractivity contribution is 5.54. The monoisotopic (exact) mass is 231 g/mol. The van der Waals surface area contributed by atoms with Gasteiger partial charge in [0.25, 0.3) is 0 Å². The average molecular weight is 231 g/mol. The molecule has 0 saturated carbocycles. The van der Waals surface area contributed by atoms with Crippen LogP contribution in [0.4, 0.5) is 0 Å². The molecule has 0 unspecified atom stereocenters. The summed E-state index contributed by atoms with van der Waals surface area (Å²) in [4.78, 5) is 4.78. The van der Waals surface area contributed by atoms with Crippen molar-refractivity contribution in [2.45, 2.75) is 40.2 Å². The number of aromatic nitrogens is 2. The first-order valence-corrected chi connectivity index (χ1v) is 6.44. The van der Waals surface area contributed by atoms with Gasteiger partial charge in [-0.05, 0) is 32.0 Å². The molecular formula is C14H21N3. The van der Waals surface area contributed by atoms with Crippen molar-refractivity contribution >= 4 is 5.52 Å². The SMILES string of the molecule is CCCc1nc(CNCC)c2cccc(C)n12. The summed E-state index contributed by atoms with van der Waals surface area (Å²) >= 11 is 0. The second kappa shape index (κ2) is 5.32. The number of fused-ring (bicyclic) bond motifs is 1. The molecule has 0 bridgehead atoms. The minimum absolute atomic E-state index is 0.854. The molecule has 0 aliphatic heterocycles. The zero-order valence-electron chi connectivity index (χ0n) is 11.0. The van der Waals surface area contributed by atoms with Gasteiger partial charge in [-0.3, -0.25) is 0 Å². The van der Waals surface area contributed by atoms with Crippen molar-refractivity contribution in [1.82, 2.24) is 14.7 Å². The molecule has 0 radical (unpaired) electrons. The first-order chi connectivity index (χ1) is 8.27. The number of imidazole rings is 1. The van der Waals surface area contributed by atoms with Crippen LogP contribution in [0, 0.1) is 6.92 Å². The molecule has 0 fully saturated rings. The van der Waals surface area contributed by atoms with E-state index >= 15 is 0 Å². The standard InChI is InChI=1S/C14H21N3/c1-4-7-14-16-12(10-15-5-2)13-9-6-8-11(3)17(13)14/h6,8-9,15H,4-5,7,10H2,1-3H3. The van der Waals surface area contributed by atoms with Crippen LogP contribution >= 0.6 is 0 Å². The van der Waals surface area contributed by atoms with Gasteiger partial charge in [0.1, 0.15) is 5.82 Å². The van der Waals surface area contributed by atoms with Crippen molar-refractivity contribution in [1.29, 1.82) is 0 Å². The van der Waals surface area contributed by atoms with E-state index in [2.05, 4.69) is 48.7 Å². The van der Waals surface area contributed by atoms with E-state index in [4.69, 9.17) is 4.98 Å². The molecule has 2 rings (SSSR count). The van der Waals surface area contributed by atoms with Gasteiger partial charge in [-0.25, -0.2) is 4.98 Å². The molecular weight excluding hydrogens is 210 g/mol. The van der Waals surface area contributed by atoms with E-state index in [1.54, 1.807) is 0 Å². The summed E-state index contributed by atoms with van der Waals surface area (Å²) in [6.45, 7) is 8.30. The molecule has 0 saturated heterocycles. The minimum Gasteiger partial charge on any atom is -0.311 e. The van der Waals surface area contributed by atoms with Crippen LogP contribution in [-0.4, -0.2) is 15.9 Å². The largest absolute Gasteiger partial charge is 0.311 e. The Hall–Kier alpha value is -1.35. The molecule has 1 N–H and O–H groups in total. The molecule has 92 valence electrons. The lowest BCUT2D eigenvalue weighted by Gasteiger charge is -2.03. The predicted molar refractivity (Wildman–Crippen MR) is 71.3 cm³/mol. The molecule has 0 aliphatic rings. The fourth-order valence-corrected chi connectivity index (χ4v) is 2.21. The van der Waals surface area contributed by atoms with Gasteiger partial charge in [0, 0.05) is 18.7 Å². The van der Waals surface area contributed by atoms with E-state index < -0.39 is 0 Å². The van der Waals surface area contributed by atoms with Gasteiger partial charge in [-0.15, -0.1) is 0 Å². The van der Waals surface area contributed by atoms with Crippen LogP contribution in [0.5, 0.6) is 0 Å². The van der Waals surface area contributed by atoms with E-state index in [0.717, 1.165) is 25.9 Å². The minimum atomic E-state index is 0.854. The summed E-state index contributed by atoms with van der Waals surface area (Å²) < 4.78 is 2.29. The summed E-state index contributed by atoms with van der Waals surface area (Å²) in [7, 11) is 0. The summed E-state index contributed by atoms with van der Waals surface area (Å²) in [6, 6.07) is 6.41. The predicted octanol–water partition coefficient (Wildman–Crippen LogP) is 2.70. The van der Waals surface area contributed by atoms with Crippen LogP contribution in [0.25, 0.3) is 5.52 Å². The van der Waals surface area contributed by atoms with E-state index in [1.165, 1.54) is 22.7 Å². The zero-order valence-corrected chi connectivity index (χ0v) is 11.0. The zero-order chi connectivity index (χ0) is 12.3. The lowest BCUT2D eigenvalue weighted by molar-refractivity contribution is 0.713. The van der Waals surface area contributed by atoms with Crippen LogP contribution in [0.15, 0.2) is 18.2 Å². The molecule has 0 amide bonds. The second-order valence-corrected chi connectivity index (χ2v) is 4.39. The number of aryl methyl sites for hydroxylation is 2. The molecule has 0 aliphatic carbocycles. The second-order valence-electron chi connectivity index (χ2n) is 4.39. The third-order valence-electron chi connectivity index (χ3n) is 3.02. The first-order valence-electron chi connectivity index (χ1n) is 6.44. The lowest BCUT2D eigenvalue weighted by atomic mass is 10.3. The molecule has 2 aromatic heterocycles.